The van der Waals surface area contributed by atoms with Crippen molar-refractivity contribution in [1.29, 1.82) is 5.26 Å². The van der Waals surface area contributed by atoms with Gasteiger partial charge < -0.3 is 14.2 Å². The molecule has 2 aromatic rings. The van der Waals surface area contributed by atoms with E-state index in [0.29, 0.717) is 17.1 Å². The maximum Gasteiger partial charge on any atom is 0.384 e. The minimum absolute atomic E-state index is 0.0483. The third kappa shape index (κ3) is 5.41. The number of rotatable bonds is 6. The number of carbonyl (C=O) groups excluding carboxylic acids is 2. The van der Waals surface area contributed by atoms with Gasteiger partial charge in [-0.2, -0.15) is 5.26 Å². The van der Waals surface area contributed by atoms with E-state index >= 15 is 0 Å². The first-order valence-electron chi connectivity index (χ1n) is 11.5. The molecule has 0 N–H and O–H groups in total. The Balaban J connectivity index is 1.38. The van der Waals surface area contributed by atoms with Crippen molar-refractivity contribution < 1.29 is 23.8 Å². The van der Waals surface area contributed by atoms with E-state index in [1.807, 2.05) is 50.2 Å². The van der Waals surface area contributed by atoms with Gasteiger partial charge >= 0.3 is 11.9 Å². The Hall–Kier alpha value is -3.77. The fraction of sp³-hybridized carbons (Fsp3) is 0.393. The lowest BCUT2D eigenvalue weighted by molar-refractivity contribution is -0.149. The fourth-order valence-electron chi connectivity index (χ4n) is 4.39. The van der Waals surface area contributed by atoms with E-state index in [4.69, 9.17) is 14.2 Å². The van der Waals surface area contributed by atoms with Gasteiger partial charge in [-0.1, -0.05) is 50.1 Å². The lowest BCUT2D eigenvalue weighted by Crippen LogP contribution is -2.14. The highest BCUT2D eigenvalue weighted by Crippen LogP contribution is 2.58. The molecule has 0 unspecified atom stereocenters. The third-order valence-electron chi connectivity index (χ3n) is 6.48. The predicted octanol–water partition coefficient (Wildman–Crippen LogP) is 5.35. The summed E-state index contributed by atoms with van der Waals surface area (Å²) in [5.74, 6) is 4.73. The number of nitriles is 1. The Morgan fingerprint density at radius 2 is 1.74 bits per heavy atom. The van der Waals surface area contributed by atoms with Gasteiger partial charge in [-0.25, -0.2) is 4.79 Å². The van der Waals surface area contributed by atoms with E-state index in [1.165, 1.54) is 0 Å². The van der Waals surface area contributed by atoms with E-state index in [-0.39, 0.29) is 12.0 Å². The number of benzene rings is 2. The van der Waals surface area contributed by atoms with Crippen LogP contribution in [-0.2, 0) is 19.1 Å². The summed E-state index contributed by atoms with van der Waals surface area (Å²) in [4.78, 5) is 24.9. The topological polar surface area (TPSA) is 85.6 Å². The van der Waals surface area contributed by atoms with Crippen molar-refractivity contribution in [1.82, 2.24) is 0 Å². The Kier molecular flexibility index (Phi) is 6.89. The molecule has 0 aromatic heterocycles. The van der Waals surface area contributed by atoms with E-state index in [9.17, 15) is 14.9 Å². The number of nitrogens with zero attached hydrogens (tertiary/aromatic N) is 1. The van der Waals surface area contributed by atoms with Crippen LogP contribution in [0.2, 0.25) is 0 Å². The van der Waals surface area contributed by atoms with Crippen LogP contribution in [0.1, 0.15) is 51.2 Å². The predicted molar refractivity (Wildman–Crippen MR) is 124 cm³/mol. The molecular weight excluding hydrogens is 430 g/mol. The van der Waals surface area contributed by atoms with E-state index in [2.05, 4.69) is 11.8 Å². The molecule has 6 heteroatoms. The van der Waals surface area contributed by atoms with Gasteiger partial charge in [-0.3, -0.25) is 4.79 Å². The molecule has 2 fully saturated rings. The second-order valence-electron chi connectivity index (χ2n) is 9.29. The van der Waals surface area contributed by atoms with Crippen LogP contribution in [-0.4, -0.2) is 18.0 Å². The average molecular weight is 458 g/mol. The fourth-order valence-corrected chi connectivity index (χ4v) is 4.39. The Bertz CT molecular complexity index is 1150. The Morgan fingerprint density at radius 3 is 2.44 bits per heavy atom. The molecule has 0 saturated heterocycles. The molecule has 0 aliphatic heterocycles. The van der Waals surface area contributed by atoms with Crippen LogP contribution in [0.4, 0.5) is 0 Å². The van der Waals surface area contributed by atoms with Gasteiger partial charge in [-0.15, -0.1) is 0 Å². The molecule has 6 nitrogen and oxygen atoms in total. The maximum absolute atomic E-state index is 12.9. The zero-order chi connectivity index (χ0) is 24.1. The smallest absolute Gasteiger partial charge is 0.384 e. The van der Waals surface area contributed by atoms with Crippen molar-refractivity contribution in [2.75, 3.05) is 0 Å². The molecule has 34 heavy (non-hydrogen) atoms. The van der Waals surface area contributed by atoms with Crippen molar-refractivity contribution in [2.45, 2.75) is 51.7 Å². The zero-order valence-corrected chi connectivity index (χ0v) is 19.3. The molecule has 174 valence electrons. The van der Waals surface area contributed by atoms with Crippen molar-refractivity contribution >= 4 is 11.9 Å². The number of carbonyl (C=O) groups is 2. The first-order valence-corrected chi connectivity index (χ1v) is 11.5. The minimum Gasteiger partial charge on any atom is -0.457 e. The van der Waals surface area contributed by atoms with Gasteiger partial charge in [0.1, 0.15) is 23.7 Å². The Labute approximate surface area is 199 Å². The lowest BCUT2D eigenvalue weighted by Gasteiger charge is -2.13. The molecule has 0 radical (unpaired) electrons. The molecule has 0 heterocycles. The van der Waals surface area contributed by atoms with Crippen LogP contribution >= 0.6 is 0 Å². The van der Waals surface area contributed by atoms with Gasteiger partial charge in [0.05, 0.1) is 5.92 Å². The standard InChI is InChI=1S/C28H27NO5/c1-28(2)23(15-16-25(30)33-21-12-6-7-13-21)26(28)27(31)34-24(18-29)19-9-8-14-22(17-19)32-20-10-4-3-5-11-20/h3-5,8-11,14,17,21,23-24,26H,6-7,12-13H2,1-2H3/t23-,24+,26-/m0/s1. The van der Waals surface area contributed by atoms with Crippen LogP contribution < -0.4 is 4.74 Å². The first-order chi connectivity index (χ1) is 16.4. The molecule has 0 spiro atoms. The van der Waals surface area contributed by atoms with Crippen LogP contribution in [0.3, 0.4) is 0 Å². The molecule has 2 aliphatic rings. The molecule has 3 atom stereocenters. The molecule has 0 bridgehead atoms. The molecular formula is C28H27NO5. The summed E-state index contributed by atoms with van der Waals surface area (Å²) in [6.07, 6.45) is 2.76. The van der Waals surface area contributed by atoms with Gasteiger partial charge in [-0.05, 0) is 55.4 Å². The van der Waals surface area contributed by atoms with Crippen molar-refractivity contribution in [3.63, 3.8) is 0 Å². The largest absolute Gasteiger partial charge is 0.457 e. The molecule has 0 amide bonds. The highest BCUT2D eigenvalue weighted by Gasteiger charge is 2.62. The van der Waals surface area contributed by atoms with Crippen LogP contribution in [0, 0.1) is 40.4 Å². The van der Waals surface area contributed by atoms with Crippen molar-refractivity contribution in [2.24, 2.45) is 17.3 Å². The number of para-hydroxylation sites is 1. The SMILES string of the molecule is CC1(C)[C@H](C(=O)O[C@H](C#N)c2cccc(Oc3ccccc3)c2)[C@@H]1C#CC(=O)OC1CCCC1. The number of esters is 2. The van der Waals surface area contributed by atoms with Crippen molar-refractivity contribution in [3.8, 4) is 29.4 Å². The summed E-state index contributed by atoms with van der Waals surface area (Å²) >= 11 is 0. The third-order valence-corrected chi connectivity index (χ3v) is 6.48. The number of ether oxygens (including phenoxy) is 3. The van der Waals surface area contributed by atoms with Crippen LogP contribution in [0.25, 0.3) is 0 Å². The van der Waals surface area contributed by atoms with E-state index in [1.54, 1.807) is 24.3 Å². The second kappa shape index (κ2) is 10.0. The first kappa shape index (κ1) is 23.4. The van der Waals surface area contributed by atoms with Crippen LogP contribution in [0.5, 0.6) is 11.5 Å². The van der Waals surface area contributed by atoms with E-state index < -0.39 is 29.4 Å². The summed E-state index contributed by atoms with van der Waals surface area (Å²) in [7, 11) is 0. The highest BCUT2D eigenvalue weighted by molar-refractivity contribution is 5.89. The van der Waals surface area contributed by atoms with Crippen molar-refractivity contribution in [3.05, 3.63) is 60.2 Å². The summed E-state index contributed by atoms with van der Waals surface area (Å²) in [5, 5.41) is 9.66. The minimum atomic E-state index is -1.08. The summed E-state index contributed by atoms with van der Waals surface area (Å²) < 4.78 is 16.7. The Morgan fingerprint density at radius 1 is 1.03 bits per heavy atom. The summed E-state index contributed by atoms with van der Waals surface area (Å²) in [6, 6.07) is 18.2. The zero-order valence-electron chi connectivity index (χ0n) is 19.3. The molecule has 2 aliphatic carbocycles. The maximum atomic E-state index is 12.9. The normalized spacial score (nSPS) is 21.3. The highest BCUT2D eigenvalue weighted by atomic mass is 16.5. The quantitative estimate of drug-likeness (QED) is 0.330. The molecule has 4 rings (SSSR count). The van der Waals surface area contributed by atoms with E-state index in [0.717, 1.165) is 25.7 Å². The van der Waals surface area contributed by atoms with Gasteiger partial charge in [0.25, 0.3) is 0 Å². The summed E-state index contributed by atoms with van der Waals surface area (Å²) in [6.45, 7) is 3.80. The monoisotopic (exact) mass is 457 g/mol. The number of hydrogen-bond donors (Lipinski definition) is 0. The van der Waals surface area contributed by atoms with Crippen LogP contribution in [0.15, 0.2) is 54.6 Å². The molecule has 2 saturated carbocycles. The average Bonchev–Trinajstić information content (AvgIpc) is 3.11. The molecule has 2 aromatic carbocycles. The van der Waals surface area contributed by atoms with Gasteiger partial charge in [0.15, 0.2) is 0 Å². The van der Waals surface area contributed by atoms with Gasteiger partial charge in [0, 0.05) is 17.4 Å². The lowest BCUT2D eigenvalue weighted by atomic mass is 10.1. The second-order valence-corrected chi connectivity index (χ2v) is 9.29. The summed E-state index contributed by atoms with van der Waals surface area (Å²) in [5.41, 5.74) is 0.0706. The number of hydrogen-bond acceptors (Lipinski definition) is 6. The van der Waals surface area contributed by atoms with Gasteiger partial charge in [0.2, 0.25) is 6.10 Å².